The maximum Gasteiger partial charge on any atom is 0.191 e. The monoisotopic (exact) mass is 335 g/mol. The van der Waals surface area contributed by atoms with Crippen molar-refractivity contribution in [3.8, 4) is 0 Å². The van der Waals surface area contributed by atoms with Gasteiger partial charge in [-0.2, -0.15) is 0 Å². The molecule has 0 aromatic carbocycles. The highest BCUT2D eigenvalue weighted by molar-refractivity contribution is 5.80. The molecule has 2 heterocycles. The van der Waals surface area contributed by atoms with Crippen LogP contribution in [-0.4, -0.2) is 54.9 Å². The predicted octanol–water partition coefficient (Wildman–Crippen LogP) is 1.13. The fourth-order valence-electron chi connectivity index (χ4n) is 2.98. The summed E-state index contributed by atoms with van der Waals surface area (Å²) in [6.45, 7) is 5.12. The Balaban J connectivity index is 1.58. The van der Waals surface area contributed by atoms with E-state index >= 15 is 0 Å². The SMILES string of the molecule is CCNC(=NCC1(CO)CC1)NC1CCN(c2ncccc2F)C1. The number of aliphatic hydroxyl groups is 1. The van der Waals surface area contributed by atoms with Gasteiger partial charge in [-0.05, 0) is 38.3 Å². The number of anilines is 1. The Bertz CT molecular complexity index is 590. The first-order chi connectivity index (χ1) is 11.7. The molecule has 1 saturated carbocycles. The second-order valence-electron chi connectivity index (χ2n) is 6.74. The van der Waals surface area contributed by atoms with Gasteiger partial charge >= 0.3 is 0 Å². The van der Waals surface area contributed by atoms with Crippen LogP contribution in [0.5, 0.6) is 0 Å². The zero-order valence-corrected chi connectivity index (χ0v) is 14.1. The second kappa shape index (κ2) is 7.34. The van der Waals surface area contributed by atoms with Crippen molar-refractivity contribution in [2.75, 3.05) is 37.7 Å². The Morgan fingerprint density at radius 1 is 1.54 bits per heavy atom. The topological polar surface area (TPSA) is 72.8 Å². The van der Waals surface area contributed by atoms with Gasteiger partial charge in [-0.3, -0.25) is 4.99 Å². The van der Waals surface area contributed by atoms with E-state index in [0.717, 1.165) is 38.3 Å². The molecule has 7 heteroatoms. The molecule has 0 bridgehead atoms. The highest BCUT2D eigenvalue weighted by Crippen LogP contribution is 2.45. The first-order valence-corrected chi connectivity index (χ1v) is 8.67. The van der Waals surface area contributed by atoms with Crippen LogP contribution in [0.1, 0.15) is 26.2 Å². The highest BCUT2D eigenvalue weighted by Gasteiger charge is 2.41. The van der Waals surface area contributed by atoms with Crippen LogP contribution in [0.15, 0.2) is 23.3 Å². The average molecular weight is 335 g/mol. The van der Waals surface area contributed by atoms with Crippen molar-refractivity contribution in [2.24, 2.45) is 10.4 Å². The second-order valence-corrected chi connectivity index (χ2v) is 6.74. The number of aromatic nitrogens is 1. The van der Waals surface area contributed by atoms with E-state index in [1.807, 2.05) is 11.8 Å². The highest BCUT2D eigenvalue weighted by atomic mass is 19.1. The molecule has 2 fully saturated rings. The molecule has 1 aliphatic carbocycles. The summed E-state index contributed by atoms with van der Waals surface area (Å²) >= 11 is 0. The molecule has 6 nitrogen and oxygen atoms in total. The van der Waals surface area contributed by atoms with Crippen LogP contribution in [0.2, 0.25) is 0 Å². The lowest BCUT2D eigenvalue weighted by Gasteiger charge is -2.20. The van der Waals surface area contributed by atoms with Crippen LogP contribution in [0, 0.1) is 11.2 Å². The van der Waals surface area contributed by atoms with E-state index in [1.54, 1.807) is 12.3 Å². The van der Waals surface area contributed by atoms with Crippen LogP contribution < -0.4 is 15.5 Å². The van der Waals surface area contributed by atoms with Crippen LogP contribution in [0.25, 0.3) is 0 Å². The van der Waals surface area contributed by atoms with Gasteiger partial charge in [0.1, 0.15) is 0 Å². The van der Waals surface area contributed by atoms with E-state index in [-0.39, 0.29) is 23.9 Å². The lowest BCUT2D eigenvalue weighted by molar-refractivity contribution is 0.217. The van der Waals surface area contributed by atoms with Gasteiger partial charge in [-0.25, -0.2) is 9.37 Å². The van der Waals surface area contributed by atoms with Crippen LogP contribution in [0.4, 0.5) is 10.2 Å². The van der Waals surface area contributed by atoms with E-state index in [1.165, 1.54) is 6.07 Å². The standard InChI is InChI=1S/C17H26FN5O/c1-2-19-16(21-11-17(12-24)6-7-17)22-13-5-9-23(10-13)15-14(18)4-3-8-20-15/h3-4,8,13,24H,2,5-7,9-12H2,1H3,(H2,19,21,22). The number of nitrogens with one attached hydrogen (secondary N) is 2. The average Bonchev–Trinajstić information content (AvgIpc) is 3.24. The van der Waals surface area contributed by atoms with Crippen molar-refractivity contribution in [1.29, 1.82) is 0 Å². The summed E-state index contributed by atoms with van der Waals surface area (Å²) in [6, 6.07) is 3.25. The number of hydrogen-bond acceptors (Lipinski definition) is 4. The molecule has 0 amide bonds. The lowest BCUT2D eigenvalue weighted by Crippen LogP contribution is -2.45. The summed E-state index contributed by atoms with van der Waals surface area (Å²) in [5.74, 6) is 0.906. The fraction of sp³-hybridized carbons (Fsp3) is 0.647. The van der Waals surface area contributed by atoms with Gasteiger partial charge < -0.3 is 20.6 Å². The van der Waals surface area contributed by atoms with Gasteiger partial charge in [0.15, 0.2) is 17.6 Å². The smallest absolute Gasteiger partial charge is 0.191 e. The third-order valence-electron chi connectivity index (χ3n) is 4.78. The molecule has 1 saturated heterocycles. The minimum absolute atomic E-state index is 0.00114. The minimum Gasteiger partial charge on any atom is -0.396 e. The van der Waals surface area contributed by atoms with Crippen molar-refractivity contribution >= 4 is 11.8 Å². The number of nitrogens with zero attached hydrogens (tertiary/aromatic N) is 3. The summed E-state index contributed by atoms with van der Waals surface area (Å²) in [6.07, 6.45) is 4.62. The number of pyridine rings is 1. The number of aliphatic hydroxyl groups excluding tert-OH is 1. The van der Waals surface area contributed by atoms with E-state index in [9.17, 15) is 9.50 Å². The van der Waals surface area contributed by atoms with Crippen LogP contribution >= 0.6 is 0 Å². The minimum atomic E-state index is -0.280. The molecule has 3 N–H and O–H groups in total. The summed E-state index contributed by atoms with van der Waals surface area (Å²) in [4.78, 5) is 10.7. The van der Waals surface area contributed by atoms with E-state index in [0.29, 0.717) is 18.9 Å². The summed E-state index contributed by atoms with van der Waals surface area (Å²) < 4.78 is 13.9. The predicted molar refractivity (Wildman–Crippen MR) is 92.7 cm³/mol. The number of guanidine groups is 1. The van der Waals surface area contributed by atoms with E-state index in [2.05, 4.69) is 20.6 Å². The largest absolute Gasteiger partial charge is 0.396 e. The molecule has 3 rings (SSSR count). The van der Waals surface area contributed by atoms with Gasteiger partial charge in [0.05, 0.1) is 13.2 Å². The molecular weight excluding hydrogens is 309 g/mol. The Kier molecular flexibility index (Phi) is 5.18. The zero-order valence-electron chi connectivity index (χ0n) is 14.1. The number of rotatable bonds is 6. The van der Waals surface area contributed by atoms with Gasteiger partial charge in [0.25, 0.3) is 0 Å². The Labute approximate surface area is 142 Å². The van der Waals surface area contributed by atoms with Gasteiger partial charge in [-0.15, -0.1) is 0 Å². The maximum absolute atomic E-state index is 13.9. The Morgan fingerprint density at radius 3 is 3.04 bits per heavy atom. The maximum atomic E-state index is 13.9. The van der Waals surface area contributed by atoms with Crippen molar-refractivity contribution in [3.05, 3.63) is 24.1 Å². The Hall–Kier alpha value is -1.89. The third kappa shape index (κ3) is 3.95. The normalized spacial score (nSPS) is 22.5. The summed E-state index contributed by atoms with van der Waals surface area (Å²) in [5, 5.41) is 16.1. The molecule has 2 aliphatic rings. The van der Waals surface area contributed by atoms with Gasteiger partial charge in [0, 0.05) is 37.3 Å². The first kappa shape index (κ1) is 17.0. The van der Waals surface area contributed by atoms with Crippen molar-refractivity contribution in [3.63, 3.8) is 0 Å². The van der Waals surface area contributed by atoms with Gasteiger partial charge in [-0.1, -0.05) is 0 Å². The molecule has 24 heavy (non-hydrogen) atoms. The third-order valence-corrected chi connectivity index (χ3v) is 4.78. The van der Waals surface area contributed by atoms with Gasteiger partial charge in [0.2, 0.25) is 0 Å². The van der Waals surface area contributed by atoms with E-state index in [4.69, 9.17) is 0 Å². The number of hydrogen-bond donors (Lipinski definition) is 3. The molecule has 1 aliphatic heterocycles. The molecule has 0 spiro atoms. The molecular formula is C17H26FN5O. The summed E-state index contributed by atoms with van der Waals surface area (Å²) in [7, 11) is 0. The zero-order chi connectivity index (χ0) is 17.0. The number of aliphatic imine (C=N–C) groups is 1. The van der Waals surface area contributed by atoms with Crippen LogP contribution in [0.3, 0.4) is 0 Å². The lowest BCUT2D eigenvalue weighted by atomic mass is 10.1. The molecule has 1 aromatic heterocycles. The Morgan fingerprint density at radius 2 is 2.38 bits per heavy atom. The molecule has 1 atom stereocenters. The van der Waals surface area contributed by atoms with E-state index < -0.39 is 0 Å². The fourth-order valence-corrected chi connectivity index (χ4v) is 2.98. The molecule has 1 aromatic rings. The first-order valence-electron chi connectivity index (χ1n) is 8.67. The van der Waals surface area contributed by atoms with Crippen LogP contribution in [-0.2, 0) is 0 Å². The van der Waals surface area contributed by atoms with Crippen molar-refractivity contribution in [1.82, 2.24) is 15.6 Å². The molecule has 132 valence electrons. The molecule has 0 radical (unpaired) electrons. The quantitative estimate of drug-likeness (QED) is 0.537. The molecule has 1 unspecified atom stereocenters. The van der Waals surface area contributed by atoms with Crippen molar-refractivity contribution in [2.45, 2.75) is 32.2 Å². The number of halogens is 1. The summed E-state index contributed by atoms with van der Waals surface area (Å²) in [5.41, 5.74) is 0.00114. The van der Waals surface area contributed by atoms with Crippen molar-refractivity contribution < 1.29 is 9.50 Å².